The molecule has 0 saturated heterocycles. The smallest absolute Gasteiger partial charge is 0.355 e. The number of nitrogens with one attached hydrogen (secondary N) is 1. The third-order valence-corrected chi connectivity index (χ3v) is 2.16. The summed E-state index contributed by atoms with van der Waals surface area (Å²) in [5.74, 6) is -0.393. The van der Waals surface area contributed by atoms with Crippen molar-refractivity contribution in [3.63, 3.8) is 0 Å². The summed E-state index contributed by atoms with van der Waals surface area (Å²) < 4.78 is 4.88. The summed E-state index contributed by atoms with van der Waals surface area (Å²) >= 11 is 0. The van der Waals surface area contributed by atoms with E-state index in [0.29, 0.717) is 17.9 Å². The Hall–Kier alpha value is -1.78. The number of oxime groups is 1. The highest BCUT2D eigenvalue weighted by molar-refractivity contribution is 5.94. The first-order valence-electron chi connectivity index (χ1n) is 4.65. The van der Waals surface area contributed by atoms with Gasteiger partial charge in [0.25, 0.3) is 0 Å². The van der Waals surface area contributed by atoms with E-state index in [0.717, 1.165) is 11.3 Å². The Bertz CT molecular complexity index is 394. The van der Waals surface area contributed by atoms with Crippen molar-refractivity contribution < 1.29 is 14.7 Å². The van der Waals surface area contributed by atoms with E-state index >= 15 is 0 Å². The summed E-state index contributed by atoms with van der Waals surface area (Å²) in [7, 11) is 0. The van der Waals surface area contributed by atoms with Crippen molar-refractivity contribution in [2.45, 2.75) is 20.8 Å². The second kappa shape index (κ2) is 4.63. The van der Waals surface area contributed by atoms with Gasteiger partial charge in [-0.05, 0) is 26.3 Å². The predicted molar refractivity (Wildman–Crippen MR) is 55.6 cm³/mol. The van der Waals surface area contributed by atoms with E-state index in [1.165, 1.54) is 6.21 Å². The fourth-order valence-electron chi connectivity index (χ4n) is 1.42. The first-order chi connectivity index (χ1) is 7.11. The van der Waals surface area contributed by atoms with E-state index in [1.807, 2.05) is 0 Å². The standard InChI is InChI=1S/C10H14N2O3/c1-4-15-10(13)9-6(2)8(5-11-14)7(3)12-9/h5,12,14H,4H2,1-3H3/b11-5-. The number of H-pyrrole nitrogens is 1. The molecule has 0 amide bonds. The fraction of sp³-hybridized carbons (Fsp3) is 0.400. The molecule has 1 aromatic rings. The lowest BCUT2D eigenvalue weighted by Crippen LogP contribution is -2.06. The third-order valence-electron chi connectivity index (χ3n) is 2.16. The van der Waals surface area contributed by atoms with Crippen molar-refractivity contribution in [2.75, 3.05) is 6.61 Å². The molecule has 82 valence electrons. The van der Waals surface area contributed by atoms with Crippen LogP contribution < -0.4 is 0 Å². The number of aromatic amines is 1. The number of carbonyl (C=O) groups is 1. The highest BCUT2D eigenvalue weighted by Crippen LogP contribution is 2.16. The van der Waals surface area contributed by atoms with E-state index in [4.69, 9.17) is 9.94 Å². The number of rotatable bonds is 3. The largest absolute Gasteiger partial charge is 0.461 e. The summed E-state index contributed by atoms with van der Waals surface area (Å²) in [6.45, 7) is 5.65. The molecular formula is C10H14N2O3. The van der Waals surface area contributed by atoms with Crippen molar-refractivity contribution in [3.8, 4) is 0 Å². The van der Waals surface area contributed by atoms with Crippen LogP contribution >= 0.6 is 0 Å². The van der Waals surface area contributed by atoms with E-state index in [9.17, 15) is 4.79 Å². The minimum atomic E-state index is -0.393. The van der Waals surface area contributed by atoms with Crippen LogP contribution in [0.1, 0.15) is 34.2 Å². The molecule has 0 atom stereocenters. The van der Waals surface area contributed by atoms with Gasteiger partial charge in [0.15, 0.2) is 0 Å². The van der Waals surface area contributed by atoms with Gasteiger partial charge >= 0.3 is 5.97 Å². The minimum absolute atomic E-state index is 0.333. The molecule has 0 aliphatic carbocycles. The molecule has 0 spiro atoms. The van der Waals surface area contributed by atoms with Crippen LogP contribution in [0.4, 0.5) is 0 Å². The molecule has 0 bridgehead atoms. The third kappa shape index (κ3) is 2.18. The molecule has 1 aromatic heterocycles. The second-order valence-electron chi connectivity index (χ2n) is 3.13. The molecular weight excluding hydrogens is 196 g/mol. The zero-order valence-corrected chi connectivity index (χ0v) is 9.00. The Morgan fingerprint density at radius 1 is 1.60 bits per heavy atom. The lowest BCUT2D eigenvalue weighted by Gasteiger charge is -1.99. The summed E-state index contributed by atoms with van der Waals surface area (Å²) in [4.78, 5) is 14.4. The highest BCUT2D eigenvalue weighted by atomic mass is 16.5. The maximum Gasteiger partial charge on any atom is 0.355 e. The monoisotopic (exact) mass is 210 g/mol. The summed E-state index contributed by atoms with van der Waals surface area (Å²) in [6.07, 6.45) is 1.30. The molecule has 2 N–H and O–H groups in total. The molecule has 0 aliphatic rings. The number of hydrogen-bond donors (Lipinski definition) is 2. The van der Waals surface area contributed by atoms with Crippen LogP contribution in [0.5, 0.6) is 0 Å². The van der Waals surface area contributed by atoms with Crippen LogP contribution in [-0.4, -0.2) is 29.0 Å². The van der Waals surface area contributed by atoms with Crippen molar-refractivity contribution in [1.82, 2.24) is 4.98 Å². The lowest BCUT2D eigenvalue weighted by atomic mass is 10.1. The van der Waals surface area contributed by atoms with Crippen LogP contribution in [0.15, 0.2) is 5.16 Å². The molecule has 5 heteroatoms. The Balaban J connectivity index is 3.11. The fourth-order valence-corrected chi connectivity index (χ4v) is 1.42. The van der Waals surface area contributed by atoms with Gasteiger partial charge in [0, 0.05) is 11.3 Å². The number of aryl methyl sites for hydroxylation is 1. The molecule has 5 nitrogen and oxygen atoms in total. The maximum atomic E-state index is 11.5. The zero-order chi connectivity index (χ0) is 11.4. The van der Waals surface area contributed by atoms with Gasteiger partial charge < -0.3 is 14.9 Å². The molecule has 0 aliphatic heterocycles. The van der Waals surface area contributed by atoms with Crippen molar-refractivity contribution >= 4 is 12.2 Å². The molecule has 15 heavy (non-hydrogen) atoms. The van der Waals surface area contributed by atoms with Gasteiger partial charge in [-0.25, -0.2) is 4.79 Å². The Morgan fingerprint density at radius 3 is 2.80 bits per heavy atom. The van der Waals surface area contributed by atoms with Crippen LogP contribution in [-0.2, 0) is 4.74 Å². The average molecular weight is 210 g/mol. The Morgan fingerprint density at radius 2 is 2.27 bits per heavy atom. The predicted octanol–water partition coefficient (Wildman–Crippen LogP) is 1.62. The summed E-state index contributed by atoms with van der Waals surface area (Å²) in [5.41, 5.74) is 2.61. The molecule has 0 radical (unpaired) electrons. The zero-order valence-electron chi connectivity index (χ0n) is 9.00. The van der Waals surface area contributed by atoms with Gasteiger partial charge in [-0.3, -0.25) is 0 Å². The average Bonchev–Trinajstić information content (AvgIpc) is 2.47. The summed E-state index contributed by atoms with van der Waals surface area (Å²) in [6, 6.07) is 0. The van der Waals surface area contributed by atoms with Gasteiger partial charge in [-0.2, -0.15) is 0 Å². The van der Waals surface area contributed by atoms with Gasteiger partial charge in [0.05, 0.1) is 12.8 Å². The van der Waals surface area contributed by atoms with Gasteiger partial charge in [-0.1, -0.05) is 5.16 Å². The summed E-state index contributed by atoms with van der Waals surface area (Å²) in [5, 5.41) is 11.4. The number of hydrogen-bond acceptors (Lipinski definition) is 4. The lowest BCUT2D eigenvalue weighted by molar-refractivity contribution is 0.0519. The van der Waals surface area contributed by atoms with Crippen LogP contribution in [0.3, 0.4) is 0 Å². The first kappa shape index (κ1) is 11.3. The van der Waals surface area contributed by atoms with Crippen molar-refractivity contribution in [1.29, 1.82) is 0 Å². The van der Waals surface area contributed by atoms with Crippen LogP contribution in [0.25, 0.3) is 0 Å². The van der Waals surface area contributed by atoms with E-state index < -0.39 is 5.97 Å². The van der Waals surface area contributed by atoms with Crippen molar-refractivity contribution in [3.05, 3.63) is 22.5 Å². The topological polar surface area (TPSA) is 74.7 Å². The Labute approximate surface area is 87.7 Å². The van der Waals surface area contributed by atoms with Crippen LogP contribution in [0.2, 0.25) is 0 Å². The number of aromatic nitrogens is 1. The number of nitrogens with zero attached hydrogens (tertiary/aromatic N) is 1. The van der Waals surface area contributed by atoms with Crippen LogP contribution in [0, 0.1) is 13.8 Å². The first-order valence-corrected chi connectivity index (χ1v) is 4.65. The van der Waals surface area contributed by atoms with Gasteiger partial charge in [0.2, 0.25) is 0 Å². The van der Waals surface area contributed by atoms with Gasteiger partial charge in [-0.15, -0.1) is 0 Å². The molecule has 0 aromatic carbocycles. The van der Waals surface area contributed by atoms with E-state index in [1.54, 1.807) is 20.8 Å². The minimum Gasteiger partial charge on any atom is -0.461 e. The molecule has 0 saturated carbocycles. The molecule has 0 unspecified atom stereocenters. The second-order valence-corrected chi connectivity index (χ2v) is 3.13. The molecule has 0 fully saturated rings. The Kier molecular flexibility index (Phi) is 3.49. The number of ether oxygens (including phenoxy) is 1. The highest BCUT2D eigenvalue weighted by Gasteiger charge is 2.16. The van der Waals surface area contributed by atoms with E-state index in [-0.39, 0.29) is 0 Å². The number of esters is 1. The quantitative estimate of drug-likeness (QED) is 0.344. The normalized spacial score (nSPS) is 10.9. The maximum absolute atomic E-state index is 11.5. The van der Waals surface area contributed by atoms with E-state index in [2.05, 4.69) is 10.1 Å². The van der Waals surface area contributed by atoms with Crippen molar-refractivity contribution in [2.24, 2.45) is 5.16 Å². The molecule has 1 heterocycles. The molecule has 1 rings (SSSR count). The SMILES string of the molecule is CCOC(=O)c1[nH]c(C)c(/C=N\O)c1C. The number of carbonyl (C=O) groups excluding carboxylic acids is 1. The van der Waals surface area contributed by atoms with Gasteiger partial charge in [0.1, 0.15) is 5.69 Å².